The quantitative estimate of drug-likeness (QED) is 0.907. The molecule has 4 nitrogen and oxygen atoms in total. The molecule has 1 saturated heterocycles. The van der Waals surface area contributed by atoms with Gasteiger partial charge in [-0.1, -0.05) is 13.8 Å². The van der Waals surface area contributed by atoms with E-state index in [0.717, 1.165) is 26.3 Å². The first kappa shape index (κ1) is 15.3. The molecule has 2 aliphatic rings. The second-order valence-corrected chi connectivity index (χ2v) is 8.19. The van der Waals surface area contributed by atoms with E-state index in [2.05, 4.69) is 37.9 Å². The zero-order valence-corrected chi connectivity index (χ0v) is 14.4. The van der Waals surface area contributed by atoms with Gasteiger partial charge in [0, 0.05) is 29.9 Å². The molecular weight excluding hydrogens is 282 g/mol. The number of hydrogen-bond donors (Lipinski definition) is 1. The number of hydrogen-bond acceptors (Lipinski definition) is 5. The molecular formula is C16H27N3OS. The molecule has 5 heteroatoms. The molecule has 0 amide bonds. The molecule has 2 heterocycles. The summed E-state index contributed by atoms with van der Waals surface area (Å²) in [4.78, 5) is 8.89. The molecule has 0 aromatic carbocycles. The number of ether oxygens (including phenoxy) is 1. The molecule has 118 valence electrons. The van der Waals surface area contributed by atoms with Crippen LogP contribution in [0.15, 0.2) is 0 Å². The van der Waals surface area contributed by atoms with Crippen molar-refractivity contribution < 1.29 is 4.74 Å². The minimum Gasteiger partial charge on any atom is -0.377 e. The normalized spacial score (nSPS) is 22.0. The maximum Gasteiger partial charge on any atom is 0.186 e. The van der Waals surface area contributed by atoms with Crippen molar-refractivity contribution in [3.63, 3.8) is 0 Å². The Morgan fingerprint density at radius 1 is 1.43 bits per heavy atom. The van der Waals surface area contributed by atoms with Crippen LogP contribution in [0.3, 0.4) is 0 Å². The first-order valence-corrected chi connectivity index (χ1v) is 8.87. The van der Waals surface area contributed by atoms with E-state index in [0.29, 0.717) is 12.0 Å². The third kappa shape index (κ3) is 3.41. The highest BCUT2D eigenvalue weighted by Gasteiger charge is 2.35. The SMILES string of the molecule is CC(C)NCc1sc(N2CCOCC2(C)C)nc1C1CC1. The van der Waals surface area contributed by atoms with Crippen LogP contribution in [0.4, 0.5) is 5.13 Å². The van der Waals surface area contributed by atoms with E-state index in [1.54, 1.807) is 0 Å². The molecule has 1 aromatic rings. The highest BCUT2D eigenvalue weighted by molar-refractivity contribution is 7.15. The van der Waals surface area contributed by atoms with Gasteiger partial charge in [0.2, 0.25) is 0 Å². The lowest BCUT2D eigenvalue weighted by Gasteiger charge is -2.42. The van der Waals surface area contributed by atoms with Crippen LogP contribution >= 0.6 is 11.3 Å². The van der Waals surface area contributed by atoms with Crippen molar-refractivity contribution in [1.29, 1.82) is 0 Å². The standard InChI is InChI=1S/C16H27N3OS/c1-11(2)17-9-13-14(12-5-6-12)18-15(21-13)19-7-8-20-10-16(19,3)4/h11-12,17H,5-10H2,1-4H3. The summed E-state index contributed by atoms with van der Waals surface area (Å²) >= 11 is 1.88. The number of thiazole rings is 1. The van der Waals surface area contributed by atoms with Gasteiger partial charge in [0.1, 0.15) is 0 Å². The average molecular weight is 309 g/mol. The Morgan fingerprint density at radius 2 is 2.19 bits per heavy atom. The van der Waals surface area contributed by atoms with Gasteiger partial charge in [-0.05, 0) is 26.7 Å². The Kier molecular flexibility index (Phi) is 4.26. The summed E-state index contributed by atoms with van der Waals surface area (Å²) in [6, 6.07) is 0.516. The van der Waals surface area contributed by atoms with E-state index in [9.17, 15) is 0 Å². The zero-order chi connectivity index (χ0) is 15.0. The zero-order valence-electron chi connectivity index (χ0n) is 13.6. The average Bonchev–Trinajstić information content (AvgIpc) is 3.17. The van der Waals surface area contributed by atoms with Gasteiger partial charge in [0.15, 0.2) is 5.13 Å². The van der Waals surface area contributed by atoms with E-state index < -0.39 is 0 Å². The second kappa shape index (κ2) is 5.86. The lowest BCUT2D eigenvalue weighted by atomic mass is 10.0. The van der Waals surface area contributed by atoms with E-state index in [-0.39, 0.29) is 5.54 Å². The first-order chi connectivity index (χ1) is 9.97. The monoisotopic (exact) mass is 309 g/mol. The molecule has 0 spiro atoms. The molecule has 1 aromatic heterocycles. The molecule has 0 radical (unpaired) electrons. The van der Waals surface area contributed by atoms with Gasteiger partial charge in [-0.15, -0.1) is 11.3 Å². The first-order valence-electron chi connectivity index (χ1n) is 8.06. The molecule has 21 heavy (non-hydrogen) atoms. The number of anilines is 1. The topological polar surface area (TPSA) is 37.4 Å². The van der Waals surface area contributed by atoms with Gasteiger partial charge in [0.25, 0.3) is 0 Å². The van der Waals surface area contributed by atoms with Crippen molar-refractivity contribution in [1.82, 2.24) is 10.3 Å². The maximum atomic E-state index is 5.64. The van der Waals surface area contributed by atoms with E-state index in [1.165, 1.54) is 28.5 Å². The highest BCUT2D eigenvalue weighted by Crippen LogP contribution is 2.45. The third-order valence-electron chi connectivity index (χ3n) is 4.23. The van der Waals surface area contributed by atoms with Crippen molar-refractivity contribution in [2.75, 3.05) is 24.7 Å². The summed E-state index contributed by atoms with van der Waals surface area (Å²) in [5.74, 6) is 0.711. The van der Waals surface area contributed by atoms with Crippen molar-refractivity contribution >= 4 is 16.5 Å². The highest BCUT2D eigenvalue weighted by atomic mass is 32.1. The minimum atomic E-state index is 0.0413. The van der Waals surface area contributed by atoms with Crippen LogP contribution < -0.4 is 10.2 Å². The smallest absolute Gasteiger partial charge is 0.186 e. The summed E-state index contributed by atoms with van der Waals surface area (Å²) in [7, 11) is 0. The predicted molar refractivity (Wildman–Crippen MR) is 88.3 cm³/mol. The fourth-order valence-corrected chi connectivity index (χ4v) is 4.06. The maximum absolute atomic E-state index is 5.64. The summed E-state index contributed by atoms with van der Waals surface area (Å²) in [5, 5.41) is 4.73. The summed E-state index contributed by atoms with van der Waals surface area (Å²) in [6.07, 6.45) is 2.62. The summed E-state index contributed by atoms with van der Waals surface area (Å²) in [5.41, 5.74) is 1.39. The fraction of sp³-hybridized carbons (Fsp3) is 0.812. The summed E-state index contributed by atoms with van der Waals surface area (Å²) < 4.78 is 5.64. The van der Waals surface area contributed by atoms with Crippen molar-refractivity contribution in [3.05, 3.63) is 10.6 Å². The van der Waals surface area contributed by atoms with Crippen LogP contribution in [-0.2, 0) is 11.3 Å². The number of nitrogens with one attached hydrogen (secondary N) is 1. The van der Waals surface area contributed by atoms with Crippen LogP contribution in [0, 0.1) is 0 Å². The molecule has 1 N–H and O–H groups in total. The molecule has 0 atom stereocenters. The van der Waals surface area contributed by atoms with Crippen LogP contribution in [-0.4, -0.2) is 36.3 Å². The molecule has 0 unspecified atom stereocenters. The van der Waals surface area contributed by atoms with E-state index in [1.807, 2.05) is 11.3 Å². The van der Waals surface area contributed by atoms with Crippen LogP contribution in [0.25, 0.3) is 0 Å². The van der Waals surface area contributed by atoms with E-state index >= 15 is 0 Å². The number of morpholine rings is 1. The predicted octanol–water partition coefficient (Wildman–Crippen LogP) is 3.13. The van der Waals surface area contributed by atoms with Gasteiger partial charge in [-0.25, -0.2) is 4.98 Å². The number of rotatable bonds is 5. The molecule has 1 aliphatic carbocycles. The Hall–Kier alpha value is -0.650. The number of aromatic nitrogens is 1. The molecule has 1 saturated carbocycles. The Bertz CT molecular complexity index is 494. The summed E-state index contributed by atoms with van der Waals surface area (Å²) in [6.45, 7) is 12.4. The molecule has 1 aliphatic heterocycles. The van der Waals surface area contributed by atoms with E-state index in [4.69, 9.17) is 9.72 Å². The third-order valence-corrected chi connectivity index (χ3v) is 5.32. The van der Waals surface area contributed by atoms with Gasteiger partial charge < -0.3 is 15.0 Å². The fourth-order valence-electron chi connectivity index (χ4n) is 2.78. The Labute approximate surface area is 131 Å². The number of nitrogens with zero attached hydrogens (tertiary/aromatic N) is 2. The van der Waals surface area contributed by atoms with Crippen molar-refractivity contribution in [3.8, 4) is 0 Å². The van der Waals surface area contributed by atoms with Gasteiger partial charge >= 0.3 is 0 Å². The van der Waals surface area contributed by atoms with Crippen LogP contribution in [0.5, 0.6) is 0 Å². The van der Waals surface area contributed by atoms with Crippen LogP contribution in [0.1, 0.15) is 57.0 Å². The minimum absolute atomic E-state index is 0.0413. The molecule has 0 bridgehead atoms. The lowest BCUT2D eigenvalue weighted by Crippen LogP contribution is -2.53. The Morgan fingerprint density at radius 3 is 2.81 bits per heavy atom. The van der Waals surface area contributed by atoms with Gasteiger partial charge in [-0.2, -0.15) is 0 Å². The second-order valence-electron chi connectivity index (χ2n) is 7.13. The lowest BCUT2D eigenvalue weighted by molar-refractivity contribution is 0.0643. The molecule has 2 fully saturated rings. The Balaban J connectivity index is 1.83. The van der Waals surface area contributed by atoms with Crippen molar-refractivity contribution in [2.45, 2.75) is 64.6 Å². The van der Waals surface area contributed by atoms with Crippen molar-refractivity contribution in [2.24, 2.45) is 0 Å². The molecule has 3 rings (SSSR count). The van der Waals surface area contributed by atoms with Gasteiger partial charge in [0.05, 0.1) is 24.4 Å². The van der Waals surface area contributed by atoms with Crippen LogP contribution in [0.2, 0.25) is 0 Å². The van der Waals surface area contributed by atoms with Gasteiger partial charge in [-0.3, -0.25) is 0 Å². The largest absolute Gasteiger partial charge is 0.377 e.